The van der Waals surface area contributed by atoms with E-state index in [2.05, 4.69) is 0 Å². The monoisotopic (exact) mass is 307 g/mol. The molecule has 0 aromatic carbocycles. The molecule has 22 heavy (non-hydrogen) atoms. The van der Waals surface area contributed by atoms with Gasteiger partial charge in [0, 0.05) is 19.1 Å². The van der Waals surface area contributed by atoms with Gasteiger partial charge >= 0.3 is 0 Å². The molecular formula is C16H21NO5. The summed E-state index contributed by atoms with van der Waals surface area (Å²) < 4.78 is 10.4. The van der Waals surface area contributed by atoms with E-state index in [0.717, 1.165) is 0 Å². The smallest absolute Gasteiger partial charge is 0.290 e. The van der Waals surface area contributed by atoms with Gasteiger partial charge in [-0.05, 0) is 12.1 Å². The summed E-state index contributed by atoms with van der Waals surface area (Å²) in [5, 5.41) is 10.2. The van der Waals surface area contributed by atoms with Gasteiger partial charge in [0.2, 0.25) is 0 Å². The highest BCUT2D eigenvalue weighted by molar-refractivity contribution is 6.10. The molecule has 1 aliphatic rings. The van der Waals surface area contributed by atoms with Crippen molar-refractivity contribution in [2.75, 3.05) is 20.3 Å². The normalized spacial score (nSPS) is 19.2. The van der Waals surface area contributed by atoms with E-state index in [1.807, 2.05) is 0 Å². The van der Waals surface area contributed by atoms with Crippen molar-refractivity contribution in [3.8, 4) is 0 Å². The highest BCUT2D eigenvalue weighted by Gasteiger charge is 2.46. The van der Waals surface area contributed by atoms with E-state index in [1.165, 1.54) is 18.3 Å². The Balaban J connectivity index is 2.48. The molecule has 1 N–H and O–H groups in total. The van der Waals surface area contributed by atoms with Crippen LogP contribution in [0, 0.1) is 5.41 Å². The number of aliphatic hydroxyl groups is 1. The minimum atomic E-state index is -0.718. The molecule has 1 aromatic rings. The average Bonchev–Trinajstić information content (AvgIpc) is 3.04. The van der Waals surface area contributed by atoms with Crippen LogP contribution in [0.25, 0.3) is 0 Å². The van der Waals surface area contributed by atoms with E-state index in [1.54, 1.807) is 32.9 Å². The average molecular weight is 307 g/mol. The van der Waals surface area contributed by atoms with Crippen LogP contribution < -0.4 is 0 Å². The first kappa shape index (κ1) is 16.3. The van der Waals surface area contributed by atoms with Gasteiger partial charge in [-0.1, -0.05) is 20.8 Å². The number of nitrogens with zero attached hydrogens (tertiary/aromatic N) is 1. The fraction of sp³-hybridized carbons (Fsp3) is 0.500. The molecule has 0 spiro atoms. The van der Waals surface area contributed by atoms with E-state index in [4.69, 9.17) is 9.15 Å². The van der Waals surface area contributed by atoms with Crippen LogP contribution in [-0.2, 0) is 14.3 Å². The van der Waals surface area contributed by atoms with Crippen molar-refractivity contribution in [1.82, 2.24) is 4.90 Å². The Morgan fingerprint density at radius 1 is 1.45 bits per heavy atom. The van der Waals surface area contributed by atoms with Gasteiger partial charge in [-0.3, -0.25) is 9.59 Å². The number of ketones is 1. The van der Waals surface area contributed by atoms with Crippen molar-refractivity contribution in [2.45, 2.75) is 26.8 Å². The summed E-state index contributed by atoms with van der Waals surface area (Å²) in [6.07, 6.45) is 1.48. The summed E-state index contributed by atoms with van der Waals surface area (Å²) in [6, 6.07) is 2.65. The fourth-order valence-corrected chi connectivity index (χ4v) is 2.45. The number of rotatable bonds is 5. The predicted octanol–water partition coefficient (Wildman–Crippen LogP) is 2.24. The summed E-state index contributed by atoms with van der Waals surface area (Å²) in [5.41, 5.74) is -0.630. The molecule has 120 valence electrons. The maximum Gasteiger partial charge on any atom is 0.290 e. The number of hydrogen-bond acceptors (Lipinski definition) is 5. The molecule has 0 saturated carbocycles. The van der Waals surface area contributed by atoms with Crippen molar-refractivity contribution < 1.29 is 23.8 Å². The highest BCUT2D eigenvalue weighted by atomic mass is 16.5. The lowest BCUT2D eigenvalue weighted by atomic mass is 9.83. The van der Waals surface area contributed by atoms with Gasteiger partial charge in [-0.15, -0.1) is 0 Å². The maximum absolute atomic E-state index is 12.7. The van der Waals surface area contributed by atoms with Crippen molar-refractivity contribution in [1.29, 1.82) is 0 Å². The summed E-state index contributed by atoms with van der Waals surface area (Å²) in [6.45, 7) is 5.80. The molecule has 1 atom stereocenters. The zero-order chi connectivity index (χ0) is 16.5. The molecule has 1 aromatic heterocycles. The number of aliphatic hydroxyl groups excluding tert-OH is 1. The van der Waals surface area contributed by atoms with E-state index < -0.39 is 23.1 Å². The topological polar surface area (TPSA) is 80.0 Å². The molecule has 0 bridgehead atoms. The number of amides is 1. The fourth-order valence-electron chi connectivity index (χ4n) is 2.45. The van der Waals surface area contributed by atoms with Crippen LogP contribution in [0.4, 0.5) is 0 Å². The SMILES string of the molecule is COCCN1C(=O)C(O)=C(C(=O)C(C)(C)C)C1c1ccco1. The molecule has 2 heterocycles. The Hall–Kier alpha value is -2.08. The van der Waals surface area contributed by atoms with Crippen molar-refractivity contribution >= 4 is 11.7 Å². The lowest BCUT2D eigenvalue weighted by Crippen LogP contribution is -2.34. The first-order valence-corrected chi connectivity index (χ1v) is 7.10. The lowest BCUT2D eigenvalue weighted by molar-refractivity contribution is -0.130. The largest absolute Gasteiger partial charge is 0.503 e. The second-order valence-corrected chi connectivity index (χ2v) is 6.25. The van der Waals surface area contributed by atoms with Crippen LogP contribution in [0.5, 0.6) is 0 Å². The number of methoxy groups -OCH3 is 1. The molecule has 0 saturated heterocycles. The Morgan fingerprint density at radius 2 is 2.14 bits per heavy atom. The minimum Gasteiger partial charge on any atom is -0.503 e. The minimum absolute atomic E-state index is 0.0866. The molecule has 0 aliphatic carbocycles. The summed E-state index contributed by atoms with van der Waals surface area (Å²) >= 11 is 0. The zero-order valence-electron chi connectivity index (χ0n) is 13.3. The van der Waals surface area contributed by atoms with Crippen LogP contribution in [-0.4, -0.2) is 42.0 Å². The van der Waals surface area contributed by atoms with Gasteiger partial charge in [0.15, 0.2) is 11.5 Å². The molecule has 1 aliphatic heterocycles. The molecule has 0 fully saturated rings. The molecule has 0 radical (unpaired) electrons. The number of Topliss-reactive ketones (excluding diaryl/α,β-unsaturated/α-hetero) is 1. The van der Waals surface area contributed by atoms with Crippen LogP contribution in [0.15, 0.2) is 34.1 Å². The van der Waals surface area contributed by atoms with E-state index in [9.17, 15) is 14.7 Å². The Morgan fingerprint density at radius 3 is 2.64 bits per heavy atom. The first-order chi connectivity index (χ1) is 10.3. The number of carbonyl (C=O) groups excluding carboxylic acids is 2. The molecular weight excluding hydrogens is 286 g/mol. The van der Waals surface area contributed by atoms with Crippen molar-refractivity contribution in [3.05, 3.63) is 35.5 Å². The second kappa shape index (κ2) is 5.96. The molecule has 6 nitrogen and oxygen atoms in total. The Kier molecular flexibility index (Phi) is 4.42. The van der Waals surface area contributed by atoms with E-state index in [-0.39, 0.29) is 17.9 Å². The van der Waals surface area contributed by atoms with Gasteiger partial charge in [-0.2, -0.15) is 0 Å². The van der Waals surface area contributed by atoms with Crippen molar-refractivity contribution in [2.24, 2.45) is 5.41 Å². The van der Waals surface area contributed by atoms with Crippen LogP contribution in [0.2, 0.25) is 0 Å². The van der Waals surface area contributed by atoms with Crippen LogP contribution >= 0.6 is 0 Å². The van der Waals surface area contributed by atoms with Crippen LogP contribution in [0.1, 0.15) is 32.6 Å². The lowest BCUT2D eigenvalue weighted by Gasteiger charge is -2.26. The van der Waals surface area contributed by atoms with Crippen LogP contribution in [0.3, 0.4) is 0 Å². The molecule has 2 rings (SSSR count). The quantitative estimate of drug-likeness (QED) is 0.902. The van der Waals surface area contributed by atoms with E-state index >= 15 is 0 Å². The predicted molar refractivity (Wildman–Crippen MR) is 79.2 cm³/mol. The second-order valence-electron chi connectivity index (χ2n) is 6.25. The molecule has 1 amide bonds. The number of carbonyl (C=O) groups is 2. The summed E-state index contributed by atoms with van der Waals surface area (Å²) in [5.74, 6) is -0.913. The summed E-state index contributed by atoms with van der Waals surface area (Å²) in [7, 11) is 1.52. The van der Waals surface area contributed by atoms with Gasteiger partial charge in [-0.25, -0.2) is 0 Å². The zero-order valence-corrected chi connectivity index (χ0v) is 13.3. The summed E-state index contributed by atoms with van der Waals surface area (Å²) in [4.78, 5) is 26.4. The Bertz CT molecular complexity index is 595. The maximum atomic E-state index is 12.7. The molecule has 6 heteroatoms. The van der Waals surface area contributed by atoms with Gasteiger partial charge in [0.25, 0.3) is 5.91 Å². The van der Waals surface area contributed by atoms with Gasteiger partial charge in [0.05, 0.1) is 18.4 Å². The third-order valence-corrected chi connectivity index (χ3v) is 3.58. The van der Waals surface area contributed by atoms with Gasteiger partial charge in [0.1, 0.15) is 11.8 Å². The number of furan rings is 1. The van der Waals surface area contributed by atoms with E-state index in [0.29, 0.717) is 12.4 Å². The number of ether oxygens (including phenoxy) is 1. The Labute approximate surface area is 129 Å². The first-order valence-electron chi connectivity index (χ1n) is 7.10. The molecule has 1 unspecified atom stereocenters. The number of hydrogen-bond donors (Lipinski definition) is 1. The standard InChI is InChI=1S/C16H21NO5/c1-16(2,3)14(19)11-12(10-6-5-8-22-10)17(7-9-21-4)15(20)13(11)18/h5-6,8,12,18H,7,9H2,1-4H3. The third kappa shape index (κ3) is 2.78. The highest BCUT2D eigenvalue weighted by Crippen LogP contribution is 2.40. The third-order valence-electron chi connectivity index (χ3n) is 3.58. The van der Waals surface area contributed by atoms with Gasteiger partial charge < -0.3 is 19.2 Å². The van der Waals surface area contributed by atoms with Crippen molar-refractivity contribution in [3.63, 3.8) is 0 Å².